The number of nitrogens with one attached hydrogen (secondary N) is 6. The van der Waals surface area contributed by atoms with Crippen LogP contribution in [-0.2, 0) is 52.8 Å². The summed E-state index contributed by atoms with van der Waals surface area (Å²) in [5, 5.41) is 59.0. The number of aromatic hydroxyl groups is 2. The lowest BCUT2D eigenvalue weighted by atomic mass is 10.0. The van der Waals surface area contributed by atoms with Gasteiger partial charge in [0.25, 0.3) is 0 Å². The number of aliphatic hydroxyl groups excluding tert-OH is 1. The number of nitrogens with two attached hydrogens (primary N) is 1. The van der Waals surface area contributed by atoms with Gasteiger partial charge in [0.2, 0.25) is 29.5 Å². The lowest BCUT2D eigenvalue weighted by Crippen LogP contribution is -2.58. The van der Waals surface area contributed by atoms with E-state index in [1.165, 1.54) is 61.1 Å². The number of carbonyl (C=O) groups is 7. The maximum atomic E-state index is 13.4. The number of aliphatic hydroxyl groups is 1. The number of hydrogen-bond acceptors (Lipinski definition) is 12. The molecule has 0 spiro atoms. The Kier molecular flexibility index (Phi) is 15.2. The third kappa shape index (κ3) is 13.6. The molecule has 1 heterocycles. The highest BCUT2D eigenvalue weighted by Gasteiger charge is 2.31. The predicted molar refractivity (Wildman–Crippen MR) is 182 cm³/mol. The first-order valence-electron chi connectivity index (χ1n) is 16.0. The molecule has 0 unspecified atom stereocenters. The molecule has 0 fully saturated rings. The number of nitrogens with zero attached hydrogens (tertiary/aromatic N) is 1. The summed E-state index contributed by atoms with van der Waals surface area (Å²) in [7, 11) is 0. The van der Waals surface area contributed by atoms with Crippen LogP contribution in [0, 0.1) is 0 Å². The van der Waals surface area contributed by atoms with Crippen molar-refractivity contribution in [2.75, 3.05) is 13.2 Å². The number of carboxylic acids is 2. The van der Waals surface area contributed by atoms with E-state index in [9.17, 15) is 59.1 Å². The number of amides is 5. The molecule has 20 heteroatoms. The van der Waals surface area contributed by atoms with Crippen LogP contribution in [0.3, 0.4) is 0 Å². The fourth-order valence-corrected chi connectivity index (χ4v) is 4.81. The lowest BCUT2D eigenvalue weighted by Gasteiger charge is -2.24. The van der Waals surface area contributed by atoms with Crippen LogP contribution >= 0.6 is 0 Å². The molecule has 0 radical (unpaired) electrons. The zero-order valence-corrected chi connectivity index (χ0v) is 28.0. The van der Waals surface area contributed by atoms with Crippen LogP contribution in [0.1, 0.15) is 23.2 Å². The highest BCUT2D eigenvalue weighted by atomic mass is 16.4. The van der Waals surface area contributed by atoms with Gasteiger partial charge < -0.3 is 62.8 Å². The van der Waals surface area contributed by atoms with Crippen molar-refractivity contribution in [1.29, 1.82) is 0 Å². The van der Waals surface area contributed by atoms with Crippen molar-refractivity contribution in [2.45, 2.75) is 55.9 Å². The van der Waals surface area contributed by atoms with Crippen molar-refractivity contribution in [1.82, 2.24) is 36.6 Å². The van der Waals surface area contributed by atoms with E-state index in [4.69, 9.17) is 5.73 Å². The van der Waals surface area contributed by atoms with Crippen LogP contribution in [-0.4, -0.2) is 120 Å². The molecule has 0 aliphatic carbocycles. The van der Waals surface area contributed by atoms with Gasteiger partial charge in [-0.1, -0.05) is 24.3 Å². The van der Waals surface area contributed by atoms with Gasteiger partial charge in [0.05, 0.1) is 31.9 Å². The van der Waals surface area contributed by atoms with Gasteiger partial charge in [-0.25, -0.2) is 9.78 Å². The summed E-state index contributed by atoms with van der Waals surface area (Å²) in [6.45, 7) is -1.82. The SMILES string of the molecule is N[C@@H](Cc1cnc[nH]1)C(=O)N[C@@H](Cc1ccc(O)cc1)C(=O)N[C@@H](CC(=O)O)C(=O)NCC(=O)N[C@@H](CO)C(=O)N[C@@H](Cc1ccc(O)cc1)C(=O)O. The van der Waals surface area contributed by atoms with Gasteiger partial charge in [-0.05, 0) is 35.4 Å². The van der Waals surface area contributed by atoms with Gasteiger partial charge in [0.1, 0.15) is 35.7 Å². The number of imidazole rings is 1. The topological polar surface area (TPSA) is 335 Å². The molecule has 3 aromatic rings. The Morgan fingerprint density at radius 1 is 0.679 bits per heavy atom. The average Bonchev–Trinajstić information content (AvgIpc) is 3.63. The standard InChI is InChI=1S/C33H40N8O12/c34-22(11-19-13-35-16-37-19)29(48)39-23(9-17-1-5-20(43)6-2-17)31(50)40-24(12-28(46)47)30(49)36-14-27(45)38-26(15-42)32(51)41-25(33(52)53)10-18-3-7-21(44)8-4-18/h1-8,13,16,22-26,42-44H,9-12,14-15,34H2,(H,35,37)(H,36,49)(H,38,45)(H,39,48)(H,40,50)(H,41,51)(H,46,47)(H,52,53)/t22-,23-,24-,25-,26-/m0/s1. The molecule has 3 rings (SSSR count). The van der Waals surface area contributed by atoms with Gasteiger partial charge in [0, 0.05) is 31.2 Å². The second-order valence-electron chi connectivity index (χ2n) is 11.8. The predicted octanol–water partition coefficient (Wildman–Crippen LogP) is -3.22. The number of carbonyl (C=O) groups excluding carboxylic acids is 5. The van der Waals surface area contributed by atoms with Crippen LogP contribution < -0.4 is 32.3 Å². The van der Waals surface area contributed by atoms with Gasteiger partial charge in [-0.3, -0.25) is 28.8 Å². The second kappa shape index (κ2) is 19.7. The maximum Gasteiger partial charge on any atom is 0.326 e. The number of phenols is 2. The molecule has 5 amide bonds. The summed E-state index contributed by atoms with van der Waals surface area (Å²) in [5.41, 5.74) is 7.47. The number of rotatable bonds is 20. The van der Waals surface area contributed by atoms with Crippen LogP contribution in [0.4, 0.5) is 0 Å². The summed E-state index contributed by atoms with van der Waals surface area (Å²) in [4.78, 5) is 94.8. The molecular weight excluding hydrogens is 700 g/mol. The molecule has 0 aliphatic rings. The highest BCUT2D eigenvalue weighted by molar-refractivity contribution is 5.96. The van der Waals surface area contributed by atoms with Crippen LogP contribution in [0.15, 0.2) is 61.1 Å². The van der Waals surface area contributed by atoms with E-state index in [0.717, 1.165) is 0 Å². The fraction of sp³-hybridized carbons (Fsp3) is 0.333. The normalized spacial score (nSPS) is 13.6. The Balaban J connectivity index is 1.64. The van der Waals surface area contributed by atoms with Crippen molar-refractivity contribution >= 4 is 41.5 Å². The minimum atomic E-state index is -1.76. The quantitative estimate of drug-likeness (QED) is 0.0543. The third-order valence-corrected chi connectivity index (χ3v) is 7.60. The van der Waals surface area contributed by atoms with Crippen LogP contribution in [0.5, 0.6) is 11.5 Å². The molecule has 53 heavy (non-hydrogen) atoms. The van der Waals surface area contributed by atoms with E-state index >= 15 is 0 Å². The average molecular weight is 741 g/mol. The van der Waals surface area contributed by atoms with Crippen molar-refractivity contribution in [3.8, 4) is 11.5 Å². The van der Waals surface area contributed by atoms with Crippen molar-refractivity contribution < 1.29 is 59.1 Å². The van der Waals surface area contributed by atoms with E-state index in [1.807, 2.05) is 0 Å². The molecule has 13 N–H and O–H groups in total. The fourth-order valence-electron chi connectivity index (χ4n) is 4.81. The van der Waals surface area contributed by atoms with Gasteiger partial charge in [-0.2, -0.15) is 0 Å². The third-order valence-electron chi connectivity index (χ3n) is 7.60. The Labute approximate surface area is 301 Å². The Morgan fingerprint density at radius 3 is 1.72 bits per heavy atom. The zero-order valence-electron chi connectivity index (χ0n) is 28.0. The molecule has 0 saturated heterocycles. The molecule has 284 valence electrons. The number of carboxylic acid groups (broad SMARTS) is 2. The van der Waals surface area contributed by atoms with Crippen molar-refractivity contribution in [3.63, 3.8) is 0 Å². The molecular formula is C33H40N8O12. The minimum absolute atomic E-state index is 0.0320. The summed E-state index contributed by atoms with van der Waals surface area (Å²) >= 11 is 0. The largest absolute Gasteiger partial charge is 0.508 e. The van der Waals surface area contributed by atoms with E-state index < -0.39 is 91.3 Å². The van der Waals surface area contributed by atoms with E-state index in [2.05, 4.69) is 36.6 Å². The molecule has 20 nitrogen and oxygen atoms in total. The zero-order chi connectivity index (χ0) is 39.1. The molecule has 5 atom stereocenters. The summed E-state index contributed by atoms with van der Waals surface area (Å²) < 4.78 is 0. The maximum absolute atomic E-state index is 13.4. The first kappa shape index (κ1) is 40.9. The molecule has 0 bridgehead atoms. The van der Waals surface area contributed by atoms with E-state index in [1.54, 1.807) is 0 Å². The summed E-state index contributed by atoms with van der Waals surface area (Å²) in [6.07, 6.45) is 1.57. The first-order chi connectivity index (χ1) is 25.1. The summed E-state index contributed by atoms with van der Waals surface area (Å²) in [5.74, 6) is -8.03. The Morgan fingerprint density at radius 2 is 1.21 bits per heavy atom. The number of aliphatic carboxylic acids is 2. The van der Waals surface area contributed by atoms with Crippen molar-refractivity contribution in [3.05, 3.63) is 77.9 Å². The van der Waals surface area contributed by atoms with E-state index in [0.29, 0.717) is 16.8 Å². The molecule has 1 aromatic heterocycles. The highest BCUT2D eigenvalue weighted by Crippen LogP contribution is 2.13. The van der Waals surface area contributed by atoms with E-state index in [-0.39, 0.29) is 30.8 Å². The Hall–Kier alpha value is -6.54. The minimum Gasteiger partial charge on any atom is -0.508 e. The summed E-state index contributed by atoms with van der Waals surface area (Å²) in [6, 6.07) is 3.74. The Bertz CT molecular complexity index is 1740. The number of hydrogen-bond donors (Lipinski definition) is 12. The van der Waals surface area contributed by atoms with Crippen molar-refractivity contribution in [2.24, 2.45) is 5.73 Å². The van der Waals surface area contributed by atoms with Gasteiger partial charge in [0.15, 0.2) is 0 Å². The first-order valence-corrected chi connectivity index (χ1v) is 16.0. The monoisotopic (exact) mass is 740 g/mol. The smallest absolute Gasteiger partial charge is 0.326 e. The van der Waals surface area contributed by atoms with Gasteiger partial charge >= 0.3 is 11.9 Å². The van der Waals surface area contributed by atoms with Gasteiger partial charge in [-0.15, -0.1) is 0 Å². The number of benzene rings is 2. The number of aromatic amines is 1. The number of H-pyrrole nitrogens is 1. The number of aromatic nitrogens is 2. The van der Waals surface area contributed by atoms with Crippen LogP contribution in [0.2, 0.25) is 0 Å². The lowest BCUT2D eigenvalue weighted by molar-refractivity contribution is -0.142. The molecule has 2 aromatic carbocycles. The second-order valence-corrected chi connectivity index (χ2v) is 11.8. The number of phenolic OH excluding ortho intramolecular Hbond substituents is 2. The molecule has 0 aliphatic heterocycles. The van der Waals surface area contributed by atoms with Crippen LogP contribution in [0.25, 0.3) is 0 Å². The molecule has 0 saturated carbocycles.